The second kappa shape index (κ2) is 10.6. The molecular weight excluding hydrogens is 509 g/mol. The number of thioether (sulfide) groups is 1. The molecule has 35 heavy (non-hydrogen) atoms. The molecule has 2 atom stereocenters. The first kappa shape index (κ1) is 24.1. The van der Waals surface area contributed by atoms with Crippen molar-refractivity contribution in [1.82, 2.24) is 24.3 Å². The largest absolute Gasteiger partial charge is 0.491 e. The average Bonchev–Trinajstić information content (AvgIpc) is 3.61. The van der Waals surface area contributed by atoms with Gasteiger partial charge in [0.2, 0.25) is 5.79 Å². The highest BCUT2D eigenvalue weighted by atomic mass is 35.5. The summed E-state index contributed by atoms with van der Waals surface area (Å²) in [4.78, 5) is 8.42. The lowest BCUT2D eigenvalue weighted by Crippen LogP contribution is -2.35. The lowest BCUT2D eigenvalue weighted by Gasteiger charge is -2.29. The fraction of sp³-hybridized carbons (Fsp3) is 0.292. The highest BCUT2D eigenvalue weighted by molar-refractivity contribution is 7.99. The molecule has 0 radical (unpaired) electrons. The van der Waals surface area contributed by atoms with Crippen LogP contribution in [0, 0.1) is 0 Å². The maximum atomic E-state index is 6.52. The zero-order chi connectivity index (χ0) is 24.3. The standard InChI is InChI=1S/C24H23Cl2N5O3S/c1-2-35-23-28-9-10-31(23)18-4-6-19(7-5-18)32-12-20-13-33-24(34-20,14-30-16-27-15-29-30)21-8-3-17(25)11-22(21)26/h3-11,15-16,20H,2,12-14H2,1H3. The third kappa shape index (κ3) is 5.34. The van der Waals surface area contributed by atoms with E-state index in [2.05, 4.69) is 26.6 Å². The number of benzene rings is 2. The third-order valence-corrected chi connectivity index (χ3v) is 6.87. The Kier molecular flexibility index (Phi) is 7.31. The molecule has 1 aliphatic rings. The lowest BCUT2D eigenvalue weighted by molar-refractivity contribution is -0.190. The van der Waals surface area contributed by atoms with Crippen LogP contribution in [0.4, 0.5) is 0 Å². The van der Waals surface area contributed by atoms with Crippen LogP contribution in [0.1, 0.15) is 12.5 Å². The minimum atomic E-state index is -1.14. The topological polar surface area (TPSA) is 76.2 Å². The maximum absolute atomic E-state index is 6.52. The number of rotatable bonds is 9. The number of aromatic nitrogens is 5. The minimum Gasteiger partial charge on any atom is -0.491 e. The molecule has 11 heteroatoms. The van der Waals surface area contributed by atoms with Gasteiger partial charge in [-0.05, 0) is 42.2 Å². The summed E-state index contributed by atoms with van der Waals surface area (Å²) >= 11 is 14.3. The monoisotopic (exact) mass is 531 g/mol. The van der Waals surface area contributed by atoms with Gasteiger partial charge in [-0.3, -0.25) is 4.57 Å². The van der Waals surface area contributed by atoms with Crippen molar-refractivity contribution in [3.8, 4) is 11.4 Å². The van der Waals surface area contributed by atoms with Gasteiger partial charge in [0.25, 0.3) is 0 Å². The molecule has 0 amide bonds. The summed E-state index contributed by atoms with van der Waals surface area (Å²) < 4.78 is 22.3. The van der Waals surface area contributed by atoms with Crippen LogP contribution in [0.5, 0.6) is 5.75 Å². The summed E-state index contributed by atoms with van der Waals surface area (Å²) in [6.07, 6.45) is 6.51. The summed E-state index contributed by atoms with van der Waals surface area (Å²) in [6, 6.07) is 13.1. The van der Waals surface area contributed by atoms with Crippen molar-refractivity contribution in [2.24, 2.45) is 0 Å². The first-order chi connectivity index (χ1) is 17.1. The van der Waals surface area contributed by atoms with Gasteiger partial charge >= 0.3 is 0 Å². The van der Waals surface area contributed by atoms with E-state index in [4.69, 9.17) is 37.4 Å². The molecule has 1 fully saturated rings. The Morgan fingerprint density at radius 2 is 2.06 bits per heavy atom. The van der Waals surface area contributed by atoms with E-state index in [1.165, 1.54) is 6.33 Å². The summed E-state index contributed by atoms with van der Waals surface area (Å²) in [5.74, 6) is 0.559. The number of hydrogen-bond donors (Lipinski definition) is 0. The van der Waals surface area contributed by atoms with E-state index < -0.39 is 5.79 Å². The van der Waals surface area contributed by atoms with Crippen LogP contribution < -0.4 is 4.74 Å². The highest BCUT2D eigenvalue weighted by Gasteiger charge is 2.45. The van der Waals surface area contributed by atoms with E-state index in [0.717, 1.165) is 22.3 Å². The van der Waals surface area contributed by atoms with Gasteiger partial charge in [0.05, 0.1) is 11.6 Å². The predicted molar refractivity (Wildman–Crippen MR) is 134 cm³/mol. The molecule has 0 saturated carbocycles. The Balaban J connectivity index is 1.28. The molecular formula is C24H23Cl2N5O3S. The molecule has 2 aromatic heterocycles. The zero-order valence-corrected chi connectivity index (χ0v) is 21.2. The molecule has 1 aliphatic heterocycles. The molecule has 5 rings (SSSR count). The Morgan fingerprint density at radius 1 is 1.20 bits per heavy atom. The van der Waals surface area contributed by atoms with E-state index >= 15 is 0 Å². The predicted octanol–water partition coefficient (Wildman–Crippen LogP) is 5.23. The van der Waals surface area contributed by atoms with E-state index in [9.17, 15) is 0 Å². The van der Waals surface area contributed by atoms with Crippen molar-refractivity contribution in [2.75, 3.05) is 19.0 Å². The van der Waals surface area contributed by atoms with Crippen LogP contribution in [0.15, 0.2) is 72.7 Å². The van der Waals surface area contributed by atoms with Crippen molar-refractivity contribution in [2.45, 2.75) is 30.5 Å². The molecule has 0 aliphatic carbocycles. The van der Waals surface area contributed by atoms with Crippen molar-refractivity contribution in [3.05, 3.63) is 83.1 Å². The van der Waals surface area contributed by atoms with Crippen LogP contribution in [0.25, 0.3) is 5.69 Å². The van der Waals surface area contributed by atoms with Gasteiger partial charge in [0.15, 0.2) is 5.16 Å². The summed E-state index contributed by atoms with van der Waals surface area (Å²) in [5, 5.41) is 6.15. The number of nitrogens with zero attached hydrogens (tertiary/aromatic N) is 5. The minimum absolute atomic E-state index is 0.280. The van der Waals surface area contributed by atoms with E-state index in [0.29, 0.717) is 28.8 Å². The van der Waals surface area contributed by atoms with Gasteiger partial charge < -0.3 is 14.2 Å². The van der Waals surface area contributed by atoms with Crippen molar-refractivity contribution < 1.29 is 14.2 Å². The molecule has 4 aromatic rings. The van der Waals surface area contributed by atoms with Crippen molar-refractivity contribution >= 4 is 35.0 Å². The fourth-order valence-corrected chi connectivity index (χ4v) is 5.15. The molecule has 0 bridgehead atoms. The van der Waals surface area contributed by atoms with Gasteiger partial charge in [-0.25, -0.2) is 14.6 Å². The van der Waals surface area contributed by atoms with E-state index in [-0.39, 0.29) is 12.6 Å². The zero-order valence-electron chi connectivity index (χ0n) is 18.9. The Bertz CT molecular complexity index is 1270. The molecule has 0 N–H and O–H groups in total. The second-order valence-electron chi connectivity index (χ2n) is 7.84. The molecule has 1 saturated heterocycles. The van der Waals surface area contributed by atoms with Gasteiger partial charge in [-0.2, -0.15) is 5.10 Å². The fourth-order valence-electron chi connectivity index (χ4n) is 3.90. The SMILES string of the molecule is CCSc1nccn1-c1ccc(OCC2COC(Cn3cncn3)(c3ccc(Cl)cc3Cl)O2)cc1. The summed E-state index contributed by atoms with van der Waals surface area (Å²) in [7, 11) is 0. The lowest BCUT2D eigenvalue weighted by atomic mass is 10.1. The average molecular weight is 532 g/mol. The molecule has 182 valence electrons. The molecule has 3 heterocycles. The maximum Gasteiger partial charge on any atom is 0.217 e. The number of hydrogen-bond acceptors (Lipinski definition) is 7. The molecule has 8 nitrogen and oxygen atoms in total. The van der Waals surface area contributed by atoms with Gasteiger partial charge in [-0.1, -0.05) is 48.0 Å². The molecule has 2 aromatic carbocycles. The Hall–Kier alpha value is -2.56. The Labute approximate surface area is 217 Å². The first-order valence-corrected chi connectivity index (χ1v) is 12.8. The molecule has 2 unspecified atom stereocenters. The first-order valence-electron chi connectivity index (χ1n) is 11.1. The van der Waals surface area contributed by atoms with Crippen LogP contribution in [0.2, 0.25) is 10.0 Å². The van der Waals surface area contributed by atoms with Crippen LogP contribution >= 0.6 is 35.0 Å². The normalized spacial score (nSPS) is 19.8. The third-order valence-electron chi connectivity index (χ3n) is 5.47. The smallest absolute Gasteiger partial charge is 0.217 e. The van der Waals surface area contributed by atoms with Gasteiger partial charge in [0, 0.05) is 28.7 Å². The van der Waals surface area contributed by atoms with Crippen LogP contribution in [0.3, 0.4) is 0 Å². The quantitative estimate of drug-likeness (QED) is 0.273. The number of imidazole rings is 1. The second-order valence-corrected chi connectivity index (χ2v) is 9.91. The molecule has 0 spiro atoms. The van der Waals surface area contributed by atoms with Gasteiger partial charge in [0.1, 0.15) is 37.7 Å². The van der Waals surface area contributed by atoms with E-state index in [1.54, 1.807) is 41.1 Å². The van der Waals surface area contributed by atoms with Crippen molar-refractivity contribution in [1.29, 1.82) is 0 Å². The summed E-state index contributed by atoms with van der Waals surface area (Å²) in [5.41, 5.74) is 1.70. The van der Waals surface area contributed by atoms with Crippen LogP contribution in [-0.4, -0.2) is 49.4 Å². The number of halogens is 2. The van der Waals surface area contributed by atoms with Crippen molar-refractivity contribution in [3.63, 3.8) is 0 Å². The number of ether oxygens (including phenoxy) is 3. The van der Waals surface area contributed by atoms with Gasteiger partial charge in [-0.15, -0.1) is 0 Å². The highest BCUT2D eigenvalue weighted by Crippen LogP contribution is 2.40. The van der Waals surface area contributed by atoms with E-state index in [1.807, 2.05) is 36.5 Å². The van der Waals surface area contributed by atoms with Crippen LogP contribution in [-0.2, 0) is 21.8 Å². The Morgan fingerprint density at radius 3 is 2.80 bits per heavy atom. The summed E-state index contributed by atoms with van der Waals surface area (Å²) in [6.45, 7) is 3.03.